The van der Waals surface area contributed by atoms with Crippen molar-refractivity contribution >= 4 is 35.3 Å². The van der Waals surface area contributed by atoms with E-state index in [9.17, 15) is 14.4 Å². The molecule has 6 heteroatoms. The van der Waals surface area contributed by atoms with Gasteiger partial charge in [-0.2, -0.15) is 0 Å². The van der Waals surface area contributed by atoms with E-state index in [4.69, 9.17) is 4.74 Å². The number of aryl methyl sites for hydroxylation is 2. The number of para-hydroxylation sites is 1. The lowest BCUT2D eigenvalue weighted by Crippen LogP contribution is -2.57. The van der Waals surface area contributed by atoms with E-state index < -0.39 is 17.8 Å². The van der Waals surface area contributed by atoms with Crippen molar-refractivity contribution in [1.82, 2.24) is 0 Å². The lowest BCUT2D eigenvalue weighted by molar-refractivity contribution is -0.121. The summed E-state index contributed by atoms with van der Waals surface area (Å²) in [6.45, 7) is 3.83. The summed E-state index contributed by atoms with van der Waals surface area (Å²) in [6.07, 6.45) is 1.47. The number of barbiturate groups is 1. The summed E-state index contributed by atoms with van der Waals surface area (Å²) >= 11 is 0. The molecule has 0 aromatic heterocycles. The van der Waals surface area contributed by atoms with E-state index in [0.29, 0.717) is 22.7 Å². The van der Waals surface area contributed by atoms with Crippen LogP contribution in [0.25, 0.3) is 6.08 Å². The lowest BCUT2D eigenvalue weighted by atomic mass is 10.0. The number of hydrogen-bond donors (Lipinski definition) is 0. The molecule has 0 spiro atoms. The number of nitrogens with zero attached hydrogens (tertiary/aromatic N) is 2. The molecule has 1 heterocycles. The molecule has 0 atom stereocenters. The van der Waals surface area contributed by atoms with Crippen LogP contribution < -0.4 is 14.5 Å². The summed E-state index contributed by atoms with van der Waals surface area (Å²) in [5, 5.41) is 0. The fourth-order valence-electron chi connectivity index (χ4n) is 3.51. The van der Waals surface area contributed by atoms with Gasteiger partial charge in [0.2, 0.25) is 0 Å². The third kappa shape index (κ3) is 3.78. The van der Waals surface area contributed by atoms with Gasteiger partial charge in [0, 0.05) is 5.56 Å². The molecular weight excluding hydrogens is 404 g/mol. The number of amides is 4. The van der Waals surface area contributed by atoms with Crippen LogP contribution in [-0.2, 0) is 9.59 Å². The van der Waals surface area contributed by atoms with Crippen molar-refractivity contribution < 1.29 is 19.1 Å². The Labute approximate surface area is 186 Å². The first-order chi connectivity index (χ1) is 15.4. The van der Waals surface area contributed by atoms with E-state index in [1.165, 1.54) is 13.2 Å². The molecule has 0 saturated carbocycles. The predicted molar refractivity (Wildman–Crippen MR) is 124 cm³/mol. The number of anilines is 2. The average Bonchev–Trinajstić information content (AvgIpc) is 2.79. The van der Waals surface area contributed by atoms with Crippen LogP contribution in [-0.4, -0.2) is 25.0 Å². The van der Waals surface area contributed by atoms with Gasteiger partial charge in [-0.15, -0.1) is 0 Å². The summed E-state index contributed by atoms with van der Waals surface area (Å²) in [5.74, 6) is -0.850. The average molecular weight is 426 g/mol. The molecule has 0 aliphatic carbocycles. The highest BCUT2D eigenvalue weighted by Gasteiger charge is 2.43. The van der Waals surface area contributed by atoms with Crippen molar-refractivity contribution in [2.24, 2.45) is 0 Å². The van der Waals surface area contributed by atoms with E-state index in [1.54, 1.807) is 48.5 Å². The molecule has 6 nitrogen and oxygen atoms in total. The number of urea groups is 1. The Kier molecular flexibility index (Phi) is 5.60. The number of ether oxygens (including phenoxy) is 1. The van der Waals surface area contributed by atoms with Crippen molar-refractivity contribution in [3.63, 3.8) is 0 Å². The highest BCUT2D eigenvalue weighted by atomic mass is 16.5. The van der Waals surface area contributed by atoms with Gasteiger partial charge in [0.1, 0.15) is 11.3 Å². The molecule has 3 aromatic rings. The van der Waals surface area contributed by atoms with Crippen molar-refractivity contribution in [1.29, 1.82) is 0 Å². The topological polar surface area (TPSA) is 66.9 Å². The number of carbonyl (C=O) groups is 3. The van der Waals surface area contributed by atoms with Gasteiger partial charge in [0.15, 0.2) is 0 Å². The van der Waals surface area contributed by atoms with Gasteiger partial charge in [0.25, 0.3) is 11.8 Å². The quantitative estimate of drug-likeness (QED) is 0.440. The Bertz CT molecular complexity index is 1160. The number of rotatable bonds is 4. The first kappa shape index (κ1) is 21.1. The fourth-order valence-corrected chi connectivity index (χ4v) is 3.51. The van der Waals surface area contributed by atoms with Gasteiger partial charge < -0.3 is 4.74 Å². The third-order valence-corrected chi connectivity index (χ3v) is 5.27. The molecule has 1 fully saturated rings. The van der Waals surface area contributed by atoms with Crippen LogP contribution >= 0.6 is 0 Å². The summed E-state index contributed by atoms with van der Waals surface area (Å²) < 4.78 is 5.37. The van der Waals surface area contributed by atoms with Crippen LogP contribution in [0.4, 0.5) is 16.2 Å². The molecule has 0 unspecified atom stereocenters. The van der Waals surface area contributed by atoms with Crippen LogP contribution in [0.3, 0.4) is 0 Å². The largest absolute Gasteiger partial charge is 0.496 e. The fraction of sp³-hybridized carbons (Fsp3) is 0.115. The van der Waals surface area contributed by atoms with Crippen LogP contribution in [0.5, 0.6) is 5.75 Å². The summed E-state index contributed by atoms with van der Waals surface area (Å²) in [6, 6.07) is 20.4. The number of hydrogen-bond acceptors (Lipinski definition) is 4. The molecule has 1 saturated heterocycles. The van der Waals surface area contributed by atoms with Gasteiger partial charge in [-0.05, 0) is 50.3 Å². The van der Waals surface area contributed by atoms with Crippen LogP contribution in [0.2, 0.25) is 0 Å². The second kappa shape index (κ2) is 8.51. The van der Waals surface area contributed by atoms with Crippen molar-refractivity contribution in [3.05, 3.63) is 95.1 Å². The van der Waals surface area contributed by atoms with Gasteiger partial charge in [0.05, 0.1) is 18.5 Å². The molecule has 4 amide bonds. The zero-order valence-corrected chi connectivity index (χ0v) is 18.0. The molecule has 3 aromatic carbocycles. The molecule has 160 valence electrons. The van der Waals surface area contributed by atoms with Crippen LogP contribution in [0.1, 0.15) is 16.7 Å². The van der Waals surface area contributed by atoms with Crippen molar-refractivity contribution in [3.8, 4) is 5.75 Å². The molecule has 0 radical (unpaired) electrons. The minimum atomic E-state index is -0.718. The Hall–Kier alpha value is -4.19. The van der Waals surface area contributed by atoms with Gasteiger partial charge in [-0.3, -0.25) is 9.59 Å². The van der Waals surface area contributed by atoms with Crippen LogP contribution in [0.15, 0.2) is 78.4 Å². The van der Waals surface area contributed by atoms with E-state index >= 15 is 0 Å². The maximum Gasteiger partial charge on any atom is 0.343 e. The minimum absolute atomic E-state index is 0.129. The Morgan fingerprint density at radius 2 is 1.16 bits per heavy atom. The molecule has 1 aliphatic heterocycles. The summed E-state index contributed by atoms with van der Waals surface area (Å²) in [7, 11) is 1.52. The van der Waals surface area contributed by atoms with Gasteiger partial charge >= 0.3 is 6.03 Å². The summed E-state index contributed by atoms with van der Waals surface area (Å²) in [4.78, 5) is 42.3. The minimum Gasteiger partial charge on any atom is -0.496 e. The summed E-state index contributed by atoms with van der Waals surface area (Å²) in [5.41, 5.74) is 3.19. The molecule has 4 rings (SSSR count). The monoisotopic (exact) mass is 426 g/mol. The van der Waals surface area contributed by atoms with Crippen molar-refractivity contribution in [2.45, 2.75) is 13.8 Å². The Balaban J connectivity index is 1.88. The first-order valence-corrected chi connectivity index (χ1v) is 10.1. The molecule has 32 heavy (non-hydrogen) atoms. The maximum atomic E-state index is 13.4. The van der Waals surface area contributed by atoms with Gasteiger partial charge in [-0.25, -0.2) is 14.6 Å². The second-order valence-corrected chi connectivity index (χ2v) is 7.53. The number of benzene rings is 3. The zero-order chi connectivity index (χ0) is 22.8. The molecular formula is C26H22N2O4. The lowest BCUT2D eigenvalue weighted by Gasteiger charge is -2.34. The van der Waals surface area contributed by atoms with Crippen LogP contribution in [0, 0.1) is 13.8 Å². The Morgan fingerprint density at radius 1 is 0.688 bits per heavy atom. The second-order valence-electron chi connectivity index (χ2n) is 7.53. The molecule has 0 bridgehead atoms. The normalized spacial score (nSPS) is 14.1. The number of imide groups is 2. The maximum absolute atomic E-state index is 13.4. The number of methoxy groups -OCH3 is 1. The van der Waals surface area contributed by atoms with Crippen molar-refractivity contribution in [2.75, 3.05) is 16.9 Å². The Morgan fingerprint density at radius 3 is 1.62 bits per heavy atom. The predicted octanol–water partition coefficient (Wildman–Crippen LogP) is 4.90. The first-order valence-electron chi connectivity index (χ1n) is 10.1. The standard InChI is InChI=1S/C26H22N2O4/c1-17-8-12-20(13-9-17)27-24(29)22(16-19-6-4-5-7-23(19)32-3)25(30)28(26(27)31)21-14-10-18(2)11-15-21/h4-16H,1-3H3. The zero-order valence-electron chi connectivity index (χ0n) is 18.0. The SMILES string of the molecule is COc1ccccc1C=C1C(=O)N(c2ccc(C)cc2)C(=O)N(c2ccc(C)cc2)C1=O. The highest BCUT2D eigenvalue weighted by molar-refractivity contribution is 6.46. The highest BCUT2D eigenvalue weighted by Crippen LogP contribution is 2.31. The molecule has 1 aliphatic rings. The molecule has 0 N–H and O–H groups in total. The van der Waals surface area contributed by atoms with E-state index in [-0.39, 0.29) is 5.57 Å². The van der Waals surface area contributed by atoms with E-state index in [2.05, 4.69) is 0 Å². The van der Waals surface area contributed by atoms with E-state index in [1.807, 2.05) is 38.1 Å². The van der Waals surface area contributed by atoms with Gasteiger partial charge in [-0.1, -0.05) is 53.6 Å². The third-order valence-electron chi connectivity index (χ3n) is 5.27. The van der Waals surface area contributed by atoms with E-state index in [0.717, 1.165) is 20.9 Å². The smallest absolute Gasteiger partial charge is 0.343 e. The number of carbonyl (C=O) groups excluding carboxylic acids is 3.